The van der Waals surface area contributed by atoms with E-state index in [2.05, 4.69) is 10.5 Å². The van der Waals surface area contributed by atoms with Gasteiger partial charge in [0.1, 0.15) is 5.75 Å². The SMILES string of the molecule is CCOc1c(/C=N/NC(=O)COc2c(C)cccc2C)cccc1OC. The average Bonchev–Trinajstić information content (AvgIpc) is 2.62. The molecule has 0 aromatic heterocycles. The molecule has 0 aliphatic rings. The lowest BCUT2D eigenvalue weighted by atomic mass is 10.1. The summed E-state index contributed by atoms with van der Waals surface area (Å²) in [5.74, 6) is 1.57. The second-order valence-corrected chi connectivity index (χ2v) is 5.61. The molecular formula is C20H24N2O4. The Kier molecular flexibility index (Phi) is 7.02. The zero-order valence-electron chi connectivity index (χ0n) is 15.5. The number of nitrogens with zero attached hydrogens (tertiary/aromatic N) is 1. The van der Waals surface area contributed by atoms with Gasteiger partial charge in [0.05, 0.1) is 19.9 Å². The third-order valence-electron chi connectivity index (χ3n) is 3.67. The smallest absolute Gasteiger partial charge is 0.277 e. The molecule has 138 valence electrons. The summed E-state index contributed by atoms with van der Waals surface area (Å²) in [4.78, 5) is 12.0. The molecule has 6 nitrogen and oxygen atoms in total. The van der Waals surface area contributed by atoms with Crippen LogP contribution in [-0.4, -0.2) is 32.4 Å². The molecule has 0 aliphatic carbocycles. The van der Waals surface area contributed by atoms with Gasteiger partial charge >= 0.3 is 0 Å². The zero-order chi connectivity index (χ0) is 18.9. The summed E-state index contributed by atoms with van der Waals surface area (Å²) in [6, 6.07) is 11.3. The lowest BCUT2D eigenvalue weighted by Gasteiger charge is -2.12. The molecule has 0 radical (unpaired) electrons. The summed E-state index contributed by atoms with van der Waals surface area (Å²) in [5, 5.41) is 3.98. The number of carbonyl (C=O) groups is 1. The summed E-state index contributed by atoms with van der Waals surface area (Å²) in [5.41, 5.74) is 5.14. The van der Waals surface area contributed by atoms with E-state index in [-0.39, 0.29) is 12.5 Å². The minimum absolute atomic E-state index is 0.112. The van der Waals surface area contributed by atoms with Gasteiger partial charge in [0.2, 0.25) is 0 Å². The fraction of sp³-hybridized carbons (Fsp3) is 0.300. The van der Waals surface area contributed by atoms with Gasteiger partial charge in [-0.2, -0.15) is 5.10 Å². The Bertz CT molecular complexity index is 767. The number of methoxy groups -OCH3 is 1. The van der Waals surface area contributed by atoms with Crippen molar-refractivity contribution in [2.75, 3.05) is 20.3 Å². The molecule has 0 aliphatic heterocycles. The summed E-state index contributed by atoms with van der Waals surface area (Å²) in [6.07, 6.45) is 1.52. The van der Waals surface area contributed by atoms with Crippen LogP contribution in [0, 0.1) is 13.8 Å². The lowest BCUT2D eigenvalue weighted by Crippen LogP contribution is -2.25. The van der Waals surface area contributed by atoms with Crippen molar-refractivity contribution < 1.29 is 19.0 Å². The van der Waals surface area contributed by atoms with E-state index < -0.39 is 0 Å². The first kappa shape index (κ1) is 19.3. The number of hydrazone groups is 1. The van der Waals surface area contributed by atoms with Crippen molar-refractivity contribution in [1.82, 2.24) is 5.43 Å². The molecule has 0 atom stereocenters. The van der Waals surface area contributed by atoms with E-state index in [9.17, 15) is 4.79 Å². The molecular weight excluding hydrogens is 332 g/mol. The highest BCUT2D eigenvalue weighted by Gasteiger charge is 2.09. The van der Waals surface area contributed by atoms with E-state index in [4.69, 9.17) is 14.2 Å². The number of nitrogens with one attached hydrogen (secondary N) is 1. The Balaban J connectivity index is 1.97. The number of carbonyl (C=O) groups excluding carboxylic acids is 1. The molecule has 0 unspecified atom stereocenters. The van der Waals surface area contributed by atoms with Gasteiger partial charge in [0.25, 0.3) is 5.91 Å². The maximum Gasteiger partial charge on any atom is 0.277 e. The zero-order valence-corrected chi connectivity index (χ0v) is 15.5. The molecule has 26 heavy (non-hydrogen) atoms. The molecule has 0 saturated carbocycles. The normalized spacial score (nSPS) is 10.6. The van der Waals surface area contributed by atoms with Crippen molar-refractivity contribution in [3.63, 3.8) is 0 Å². The van der Waals surface area contributed by atoms with Crippen LogP contribution < -0.4 is 19.6 Å². The topological polar surface area (TPSA) is 69.2 Å². The Morgan fingerprint density at radius 1 is 1.08 bits per heavy atom. The van der Waals surface area contributed by atoms with Crippen molar-refractivity contribution in [2.45, 2.75) is 20.8 Å². The summed E-state index contributed by atoms with van der Waals surface area (Å²) in [6.45, 7) is 6.16. The second kappa shape index (κ2) is 9.46. The number of para-hydroxylation sites is 2. The molecule has 1 N–H and O–H groups in total. The number of hydrogen-bond acceptors (Lipinski definition) is 5. The second-order valence-electron chi connectivity index (χ2n) is 5.61. The van der Waals surface area contributed by atoms with E-state index in [1.54, 1.807) is 13.2 Å². The molecule has 0 spiro atoms. The van der Waals surface area contributed by atoms with Crippen LogP contribution in [0.5, 0.6) is 17.2 Å². The maximum absolute atomic E-state index is 12.0. The Labute approximate surface area is 153 Å². The summed E-state index contributed by atoms with van der Waals surface area (Å²) < 4.78 is 16.5. The van der Waals surface area contributed by atoms with Gasteiger partial charge in [-0.05, 0) is 44.0 Å². The Hall–Kier alpha value is -3.02. The number of ether oxygens (including phenoxy) is 3. The van der Waals surface area contributed by atoms with E-state index in [0.717, 1.165) is 16.9 Å². The minimum Gasteiger partial charge on any atom is -0.493 e. The molecule has 2 aromatic carbocycles. The molecule has 2 rings (SSSR count). The van der Waals surface area contributed by atoms with E-state index >= 15 is 0 Å². The molecule has 0 saturated heterocycles. The number of rotatable bonds is 8. The molecule has 0 bridgehead atoms. The fourth-order valence-corrected chi connectivity index (χ4v) is 2.46. The van der Waals surface area contributed by atoms with Crippen molar-refractivity contribution in [3.05, 3.63) is 53.1 Å². The van der Waals surface area contributed by atoms with Crippen LogP contribution >= 0.6 is 0 Å². The first-order valence-electron chi connectivity index (χ1n) is 8.37. The largest absolute Gasteiger partial charge is 0.493 e. The Morgan fingerprint density at radius 3 is 2.42 bits per heavy atom. The van der Waals surface area contributed by atoms with Crippen molar-refractivity contribution in [2.24, 2.45) is 5.10 Å². The highest BCUT2D eigenvalue weighted by molar-refractivity contribution is 5.86. The van der Waals surface area contributed by atoms with Gasteiger partial charge < -0.3 is 14.2 Å². The van der Waals surface area contributed by atoms with Gasteiger partial charge in [-0.15, -0.1) is 0 Å². The Morgan fingerprint density at radius 2 is 1.77 bits per heavy atom. The van der Waals surface area contributed by atoms with Crippen LogP contribution in [0.25, 0.3) is 0 Å². The maximum atomic E-state index is 12.0. The van der Waals surface area contributed by atoms with Gasteiger partial charge in [0, 0.05) is 5.56 Å². The quantitative estimate of drug-likeness (QED) is 0.582. The first-order valence-corrected chi connectivity index (χ1v) is 8.37. The number of aryl methyl sites for hydroxylation is 2. The van der Waals surface area contributed by atoms with Crippen LogP contribution in [0.1, 0.15) is 23.6 Å². The van der Waals surface area contributed by atoms with Gasteiger partial charge in [-0.1, -0.05) is 24.3 Å². The van der Waals surface area contributed by atoms with Gasteiger partial charge in [-0.25, -0.2) is 5.43 Å². The minimum atomic E-state index is -0.343. The van der Waals surface area contributed by atoms with E-state index in [1.165, 1.54) is 6.21 Å². The van der Waals surface area contributed by atoms with Crippen LogP contribution in [0.4, 0.5) is 0 Å². The highest BCUT2D eigenvalue weighted by atomic mass is 16.5. The molecule has 0 heterocycles. The van der Waals surface area contributed by atoms with Crippen LogP contribution in [0.15, 0.2) is 41.5 Å². The van der Waals surface area contributed by atoms with Crippen molar-refractivity contribution in [3.8, 4) is 17.2 Å². The average molecular weight is 356 g/mol. The monoisotopic (exact) mass is 356 g/mol. The predicted molar refractivity (Wildman–Crippen MR) is 101 cm³/mol. The molecule has 6 heteroatoms. The fourth-order valence-electron chi connectivity index (χ4n) is 2.46. The third kappa shape index (κ3) is 4.99. The highest BCUT2D eigenvalue weighted by Crippen LogP contribution is 2.29. The molecule has 2 aromatic rings. The van der Waals surface area contributed by atoms with Crippen LogP contribution in [0.2, 0.25) is 0 Å². The van der Waals surface area contributed by atoms with E-state index in [1.807, 2.05) is 51.1 Å². The first-order chi connectivity index (χ1) is 12.6. The molecule has 1 amide bonds. The summed E-state index contributed by atoms with van der Waals surface area (Å²) in [7, 11) is 1.57. The third-order valence-corrected chi connectivity index (χ3v) is 3.67. The molecule has 0 fully saturated rings. The van der Waals surface area contributed by atoms with Gasteiger partial charge in [0.15, 0.2) is 18.1 Å². The van der Waals surface area contributed by atoms with Crippen molar-refractivity contribution in [1.29, 1.82) is 0 Å². The lowest BCUT2D eigenvalue weighted by molar-refractivity contribution is -0.123. The number of amides is 1. The van der Waals surface area contributed by atoms with Crippen LogP contribution in [-0.2, 0) is 4.79 Å². The number of hydrogen-bond donors (Lipinski definition) is 1. The summed E-state index contributed by atoms with van der Waals surface area (Å²) >= 11 is 0. The van der Waals surface area contributed by atoms with Crippen LogP contribution in [0.3, 0.4) is 0 Å². The predicted octanol–water partition coefficient (Wildman–Crippen LogP) is 3.24. The standard InChI is InChI=1S/C20H24N2O4/c1-5-25-20-16(10-7-11-17(20)24-4)12-21-22-18(23)13-26-19-14(2)8-6-9-15(19)3/h6-12H,5,13H2,1-4H3,(H,22,23)/b21-12+. The van der Waals surface area contributed by atoms with E-state index in [0.29, 0.717) is 23.7 Å². The van der Waals surface area contributed by atoms with Crippen molar-refractivity contribution >= 4 is 12.1 Å². The van der Waals surface area contributed by atoms with Gasteiger partial charge in [-0.3, -0.25) is 4.79 Å². The number of benzene rings is 2.